The van der Waals surface area contributed by atoms with Crippen molar-refractivity contribution in [1.29, 1.82) is 0 Å². The Hall–Kier alpha value is -0.680. The van der Waals surface area contributed by atoms with Crippen molar-refractivity contribution in [3.05, 3.63) is 0 Å². The van der Waals surface area contributed by atoms with Crippen LogP contribution in [0.3, 0.4) is 0 Å². The molecule has 2 heterocycles. The van der Waals surface area contributed by atoms with E-state index in [2.05, 4.69) is 4.90 Å². The maximum Gasteiger partial charge on any atom is 0.239 e. The molecule has 0 saturated carbocycles. The fraction of sp³-hybridized carbons (Fsp3) is 0.800. The molecule has 2 saturated heterocycles. The Morgan fingerprint density at radius 1 is 1.47 bits per heavy atom. The Bertz CT molecular complexity index is 294. The SMILES string of the molecule is CN1CCC(N2CCCC2C(N)=S)C1=O. The average Bonchev–Trinajstić information content (AvgIpc) is 2.75. The van der Waals surface area contributed by atoms with E-state index in [0.717, 1.165) is 32.4 Å². The van der Waals surface area contributed by atoms with Crippen LogP contribution < -0.4 is 5.73 Å². The number of rotatable bonds is 2. The molecule has 1 amide bonds. The molecule has 2 unspecified atom stereocenters. The molecule has 2 N–H and O–H groups in total. The third-order valence-electron chi connectivity index (χ3n) is 3.42. The van der Waals surface area contributed by atoms with Gasteiger partial charge in [-0.1, -0.05) is 12.2 Å². The first-order chi connectivity index (χ1) is 7.11. The molecule has 4 nitrogen and oxygen atoms in total. The fourth-order valence-electron chi connectivity index (χ4n) is 2.58. The zero-order valence-electron chi connectivity index (χ0n) is 8.98. The highest BCUT2D eigenvalue weighted by atomic mass is 32.1. The number of hydrogen-bond acceptors (Lipinski definition) is 3. The molecular weight excluding hydrogens is 210 g/mol. The third-order valence-corrected chi connectivity index (χ3v) is 3.69. The van der Waals surface area contributed by atoms with Gasteiger partial charge in [0.2, 0.25) is 5.91 Å². The van der Waals surface area contributed by atoms with Gasteiger partial charge in [0.25, 0.3) is 0 Å². The predicted octanol–water partition coefficient (Wildman–Crippen LogP) is -0.0324. The van der Waals surface area contributed by atoms with Crippen LogP contribution in [0.4, 0.5) is 0 Å². The summed E-state index contributed by atoms with van der Waals surface area (Å²) < 4.78 is 0. The first kappa shape index (κ1) is 10.8. The number of hydrogen-bond donors (Lipinski definition) is 1. The lowest BCUT2D eigenvalue weighted by Gasteiger charge is -2.28. The molecule has 0 spiro atoms. The molecule has 2 aliphatic heterocycles. The van der Waals surface area contributed by atoms with E-state index in [1.807, 2.05) is 7.05 Å². The summed E-state index contributed by atoms with van der Waals surface area (Å²) in [6.45, 7) is 1.80. The second kappa shape index (κ2) is 4.06. The number of nitrogens with zero attached hydrogens (tertiary/aromatic N) is 2. The van der Waals surface area contributed by atoms with E-state index in [-0.39, 0.29) is 18.0 Å². The standard InChI is InChI=1S/C10H17N3OS/c1-12-6-4-8(10(12)14)13-5-2-3-7(13)9(11)15/h7-8H,2-6H2,1H3,(H2,11,15). The summed E-state index contributed by atoms with van der Waals surface area (Å²) in [6, 6.07) is 0.157. The number of likely N-dealkylation sites (N-methyl/N-ethyl adjacent to an activating group) is 1. The van der Waals surface area contributed by atoms with Gasteiger partial charge in [-0.05, 0) is 25.8 Å². The van der Waals surface area contributed by atoms with Gasteiger partial charge in [0.1, 0.15) is 0 Å². The number of amides is 1. The molecule has 2 rings (SSSR count). The Kier molecular flexibility index (Phi) is 2.93. The van der Waals surface area contributed by atoms with Crippen LogP contribution in [0, 0.1) is 0 Å². The maximum atomic E-state index is 11.9. The molecule has 15 heavy (non-hydrogen) atoms. The van der Waals surface area contributed by atoms with Crippen LogP contribution >= 0.6 is 12.2 Å². The van der Waals surface area contributed by atoms with E-state index >= 15 is 0 Å². The molecule has 0 aromatic carbocycles. The largest absolute Gasteiger partial charge is 0.392 e. The lowest BCUT2D eigenvalue weighted by atomic mass is 10.1. The van der Waals surface area contributed by atoms with E-state index in [0.29, 0.717) is 4.99 Å². The molecule has 0 aromatic rings. The number of carbonyl (C=O) groups is 1. The van der Waals surface area contributed by atoms with Crippen LogP contribution in [0.15, 0.2) is 0 Å². The number of likely N-dealkylation sites (tertiary alicyclic amines) is 2. The average molecular weight is 227 g/mol. The van der Waals surface area contributed by atoms with E-state index in [1.54, 1.807) is 4.90 Å². The second-order valence-electron chi connectivity index (χ2n) is 4.36. The van der Waals surface area contributed by atoms with Gasteiger partial charge in [-0.15, -0.1) is 0 Å². The summed E-state index contributed by atoms with van der Waals surface area (Å²) in [5.74, 6) is 0.221. The molecule has 2 aliphatic rings. The van der Waals surface area contributed by atoms with Crippen LogP contribution in [0.5, 0.6) is 0 Å². The molecule has 0 bridgehead atoms. The van der Waals surface area contributed by atoms with Gasteiger partial charge < -0.3 is 10.6 Å². The highest BCUT2D eigenvalue weighted by Crippen LogP contribution is 2.25. The maximum absolute atomic E-state index is 11.9. The van der Waals surface area contributed by atoms with Gasteiger partial charge in [-0.3, -0.25) is 9.69 Å². The lowest BCUT2D eigenvalue weighted by molar-refractivity contribution is -0.131. The minimum Gasteiger partial charge on any atom is -0.392 e. The fourth-order valence-corrected chi connectivity index (χ4v) is 2.83. The molecule has 5 heteroatoms. The van der Waals surface area contributed by atoms with Crippen molar-refractivity contribution >= 4 is 23.1 Å². The Morgan fingerprint density at radius 3 is 2.73 bits per heavy atom. The molecule has 84 valence electrons. The van der Waals surface area contributed by atoms with Gasteiger partial charge in [0.05, 0.1) is 17.1 Å². The van der Waals surface area contributed by atoms with E-state index < -0.39 is 0 Å². The third kappa shape index (κ3) is 1.86. The van der Waals surface area contributed by atoms with Crippen LogP contribution in [-0.2, 0) is 4.79 Å². The summed E-state index contributed by atoms with van der Waals surface area (Å²) in [5, 5.41) is 0. The Balaban J connectivity index is 2.10. The topological polar surface area (TPSA) is 49.6 Å². The zero-order valence-corrected chi connectivity index (χ0v) is 9.80. The van der Waals surface area contributed by atoms with Crippen LogP contribution in [0.1, 0.15) is 19.3 Å². The van der Waals surface area contributed by atoms with Gasteiger partial charge in [-0.25, -0.2) is 0 Å². The molecule has 2 atom stereocenters. The Morgan fingerprint density at radius 2 is 2.20 bits per heavy atom. The van der Waals surface area contributed by atoms with Crippen LogP contribution in [0.2, 0.25) is 0 Å². The van der Waals surface area contributed by atoms with Crippen molar-refractivity contribution in [1.82, 2.24) is 9.80 Å². The summed E-state index contributed by atoms with van der Waals surface area (Å²) >= 11 is 5.05. The molecule has 0 radical (unpaired) electrons. The van der Waals surface area contributed by atoms with Gasteiger partial charge >= 0.3 is 0 Å². The monoisotopic (exact) mass is 227 g/mol. The second-order valence-corrected chi connectivity index (χ2v) is 4.83. The summed E-state index contributed by atoms with van der Waals surface area (Å²) in [6.07, 6.45) is 3.01. The summed E-state index contributed by atoms with van der Waals surface area (Å²) in [4.78, 5) is 16.4. The van der Waals surface area contributed by atoms with Crippen molar-refractivity contribution in [2.75, 3.05) is 20.1 Å². The quantitative estimate of drug-likeness (QED) is 0.673. The van der Waals surface area contributed by atoms with Crippen LogP contribution in [0.25, 0.3) is 0 Å². The van der Waals surface area contributed by atoms with E-state index in [4.69, 9.17) is 18.0 Å². The predicted molar refractivity (Wildman–Crippen MR) is 62.6 cm³/mol. The van der Waals surface area contributed by atoms with Crippen molar-refractivity contribution in [2.24, 2.45) is 5.73 Å². The first-order valence-electron chi connectivity index (χ1n) is 5.41. The molecule has 0 aliphatic carbocycles. The molecule has 2 fully saturated rings. The Labute approximate surface area is 95.4 Å². The van der Waals surface area contributed by atoms with Crippen molar-refractivity contribution in [3.8, 4) is 0 Å². The first-order valence-corrected chi connectivity index (χ1v) is 5.82. The summed E-state index contributed by atoms with van der Waals surface area (Å²) in [5.41, 5.74) is 5.70. The van der Waals surface area contributed by atoms with Crippen molar-refractivity contribution < 1.29 is 4.79 Å². The lowest BCUT2D eigenvalue weighted by Crippen LogP contribution is -2.48. The van der Waals surface area contributed by atoms with Crippen molar-refractivity contribution in [3.63, 3.8) is 0 Å². The molecule has 0 aromatic heterocycles. The number of thiocarbonyl (C=S) groups is 1. The van der Waals surface area contributed by atoms with Crippen molar-refractivity contribution in [2.45, 2.75) is 31.3 Å². The van der Waals surface area contributed by atoms with Gasteiger partial charge in [-0.2, -0.15) is 0 Å². The zero-order chi connectivity index (χ0) is 11.0. The number of nitrogens with two attached hydrogens (primary N) is 1. The minimum atomic E-state index is 0.0176. The highest BCUT2D eigenvalue weighted by molar-refractivity contribution is 7.80. The molecular formula is C10H17N3OS. The van der Waals surface area contributed by atoms with Crippen LogP contribution in [-0.4, -0.2) is 52.9 Å². The number of carbonyl (C=O) groups excluding carboxylic acids is 1. The summed E-state index contributed by atoms with van der Waals surface area (Å²) in [7, 11) is 1.86. The normalized spacial score (nSPS) is 32.6. The van der Waals surface area contributed by atoms with E-state index in [1.165, 1.54) is 0 Å². The highest BCUT2D eigenvalue weighted by Gasteiger charge is 2.40. The van der Waals surface area contributed by atoms with E-state index in [9.17, 15) is 4.79 Å². The smallest absolute Gasteiger partial charge is 0.239 e. The van der Waals surface area contributed by atoms with Gasteiger partial charge in [0.15, 0.2) is 0 Å². The minimum absolute atomic E-state index is 0.0176. The van der Waals surface area contributed by atoms with Gasteiger partial charge in [0, 0.05) is 13.6 Å².